The number of fused-ring (bicyclic) bond motifs is 1. The summed E-state index contributed by atoms with van der Waals surface area (Å²) in [5.74, 6) is 1.61. The lowest BCUT2D eigenvalue weighted by Gasteiger charge is -2.30. The maximum atomic E-state index is 5.72. The van der Waals surface area contributed by atoms with E-state index in [0.717, 1.165) is 18.9 Å². The summed E-state index contributed by atoms with van der Waals surface area (Å²) in [5.41, 5.74) is 3.94. The molecule has 1 aliphatic rings. The molecule has 0 aliphatic carbocycles. The van der Waals surface area contributed by atoms with Crippen molar-refractivity contribution in [1.29, 1.82) is 0 Å². The minimum atomic E-state index is 0.560. The van der Waals surface area contributed by atoms with Crippen molar-refractivity contribution in [3.63, 3.8) is 0 Å². The monoisotopic (exact) mass is 205 g/mol. The molecule has 0 saturated heterocycles. The zero-order valence-electron chi connectivity index (χ0n) is 10.0. The molecule has 0 spiro atoms. The van der Waals surface area contributed by atoms with Gasteiger partial charge >= 0.3 is 0 Å². The third-order valence-corrected chi connectivity index (χ3v) is 3.02. The van der Waals surface area contributed by atoms with Crippen molar-refractivity contribution < 1.29 is 4.74 Å². The molecule has 1 aromatic carbocycles. The Morgan fingerprint density at radius 3 is 2.73 bits per heavy atom. The van der Waals surface area contributed by atoms with E-state index >= 15 is 0 Å². The van der Waals surface area contributed by atoms with Gasteiger partial charge in [-0.15, -0.1) is 0 Å². The van der Waals surface area contributed by atoms with Crippen LogP contribution < -0.4 is 9.64 Å². The molecular weight excluding hydrogens is 186 g/mol. The van der Waals surface area contributed by atoms with Crippen LogP contribution in [0, 0.1) is 6.92 Å². The quantitative estimate of drug-likeness (QED) is 0.699. The fourth-order valence-corrected chi connectivity index (χ4v) is 2.11. The molecule has 0 bridgehead atoms. The van der Waals surface area contributed by atoms with Crippen molar-refractivity contribution in [3.05, 3.63) is 23.3 Å². The highest BCUT2D eigenvalue weighted by atomic mass is 16.5. The Labute approximate surface area is 91.9 Å². The van der Waals surface area contributed by atoms with Crippen molar-refractivity contribution in [2.45, 2.75) is 26.7 Å². The summed E-state index contributed by atoms with van der Waals surface area (Å²) in [4.78, 5) is 2.28. The number of hydrogen-bond donors (Lipinski definition) is 0. The maximum Gasteiger partial charge on any atom is 0.143 e. The van der Waals surface area contributed by atoms with Crippen molar-refractivity contribution in [1.82, 2.24) is 0 Å². The number of likely N-dealkylation sites (N-methyl/N-ethyl adjacent to an activating group) is 1. The van der Waals surface area contributed by atoms with Gasteiger partial charge in [-0.25, -0.2) is 0 Å². The molecule has 0 unspecified atom stereocenters. The smallest absolute Gasteiger partial charge is 0.143 e. The summed E-state index contributed by atoms with van der Waals surface area (Å²) in [7, 11) is 2.13. The molecule has 1 aromatic rings. The van der Waals surface area contributed by atoms with Gasteiger partial charge in [-0.3, -0.25) is 0 Å². The van der Waals surface area contributed by atoms with Gasteiger partial charge in [0.05, 0.1) is 12.2 Å². The zero-order chi connectivity index (χ0) is 11.0. The molecule has 0 saturated carbocycles. The highest BCUT2D eigenvalue weighted by Crippen LogP contribution is 2.36. The van der Waals surface area contributed by atoms with Crippen molar-refractivity contribution >= 4 is 5.69 Å². The van der Waals surface area contributed by atoms with Crippen LogP contribution in [0.3, 0.4) is 0 Å². The molecule has 0 atom stereocenters. The minimum Gasteiger partial charge on any atom is -0.490 e. The lowest BCUT2D eigenvalue weighted by molar-refractivity contribution is 0.310. The fraction of sp³-hybridized carbons (Fsp3) is 0.538. The van der Waals surface area contributed by atoms with E-state index in [1.807, 2.05) is 0 Å². The van der Waals surface area contributed by atoms with Gasteiger partial charge in [-0.05, 0) is 30.0 Å². The lowest BCUT2D eigenvalue weighted by Crippen LogP contribution is -2.29. The van der Waals surface area contributed by atoms with Gasteiger partial charge < -0.3 is 9.64 Å². The number of anilines is 1. The van der Waals surface area contributed by atoms with Crippen LogP contribution in [0.2, 0.25) is 0 Å². The van der Waals surface area contributed by atoms with Crippen LogP contribution in [0.15, 0.2) is 12.1 Å². The SMILES string of the molecule is Cc1cc(C(C)C)cc2c1N(C)CCO2. The topological polar surface area (TPSA) is 12.5 Å². The second kappa shape index (κ2) is 3.76. The van der Waals surface area contributed by atoms with Gasteiger partial charge in [-0.2, -0.15) is 0 Å². The van der Waals surface area contributed by atoms with E-state index in [0.29, 0.717) is 5.92 Å². The lowest BCUT2D eigenvalue weighted by atomic mass is 9.98. The van der Waals surface area contributed by atoms with E-state index in [-0.39, 0.29) is 0 Å². The van der Waals surface area contributed by atoms with Crippen LogP contribution in [0.5, 0.6) is 5.75 Å². The molecule has 1 heterocycles. The first-order valence-electron chi connectivity index (χ1n) is 5.58. The summed E-state index contributed by atoms with van der Waals surface area (Å²) in [6.45, 7) is 8.37. The predicted molar refractivity (Wildman–Crippen MR) is 64.0 cm³/mol. The van der Waals surface area contributed by atoms with E-state index in [4.69, 9.17) is 4.74 Å². The molecule has 0 radical (unpaired) electrons. The molecule has 2 heteroatoms. The first kappa shape index (κ1) is 10.3. The molecule has 82 valence electrons. The Kier molecular flexibility index (Phi) is 2.59. The summed E-state index contributed by atoms with van der Waals surface area (Å²) < 4.78 is 5.72. The van der Waals surface area contributed by atoms with Crippen molar-refractivity contribution in [2.75, 3.05) is 25.1 Å². The second-order valence-electron chi connectivity index (χ2n) is 4.61. The molecule has 0 fully saturated rings. The number of nitrogens with zero attached hydrogens (tertiary/aromatic N) is 1. The molecule has 1 aliphatic heterocycles. The van der Waals surface area contributed by atoms with Gasteiger partial charge in [0.15, 0.2) is 0 Å². The Balaban J connectivity index is 2.51. The average molecular weight is 205 g/mol. The van der Waals surface area contributed by atoms with Gasteiger partial charge in [-0.1, -0.05) is 19.9 Å². The van der Waals surface area contributed by atoms with E-state index in [9.17, 15) is 0 Å². The molecule has 15 heavy (non-hydrogen) atoms. The predicted octanol–water partition coefficient (Wildman–Crippen LogP) is 2.95. The summed E-state index contributed by atoms with van der Waals surface area (Å²) >= 11 is 0. The van der Waals surface area contributed by atoms with E-state index in [1.165, 1.54) is 16.8 Å². The van der Waals surface area contributed by atoms with Crippen LogP contribution in [-0.4, -0.2) is 20.2 Å². The Morgan fingerprint density at radius 1 is 1.33 bits per heavy atom. The van der Waals surface area contributed by atoms with Crippen LogP contribution in [-0.2, 0) is 0 Å². The number of hydrogen-bond acceptors (Lipinski definition) is 2. The van der Waals surface area contributed by atoms with Gasteiger partial charge in [0.25, 0.3) is 0 Å². The third kappa shape index (κ3) is 1.81. The Hall–Kier alpha value is -1.18. The van der Waals surface area contributed by atoms with Crippen molar-refractivity contribution in [3.8, 4) is 5.75 Å². The number of aryl methyl sites for hydroxylation is 1. The van der Waals surface area contributed by atoms with E-state index in [1.54, 1.807) is 0 Å². The van der Waals surface area contributed by atoms with E-state index in [2.05, 4.69) is 44.9 Å². The van der Waals surface area contributed by atoms with Gasteiger partial charge in [0.1, 0.15) is 12.4 Å². The molecule has 2 rings (SSSR count). The average Bonchev–Trinajstić information content (AvgIpc) is 2.17. The van der Waals surface area contributed by atoms with Gasteiger partial charge in [0, 0.05) is 7.05 Å². The van der Waals surface area contributed by atoms with Crippen LogP contribution in [0.25, 0.3) is 0 Å². The Bertz CT molecular complexity index is 371. The summed E-state index contributed by atoms with van der Waals surface area (Å²) in [5, 5.41) is 0. The first-order valence-corrected chi connectivity index (χ1v) is 5.58. The third-order valence-electron chi connectivity index (χ3n) is 3.02. The highest BCUT2D eigenvalue weighted by molar-refractivity contribution is 5.65. The standard InChI is InChI=1S/C13H19NO/c1-9(2)11-7-10(3)13-12(8-11)15-6-5-14(13)4/h7-9H,5-6H2,1-4H3. The summed E-state index contributed by atoms with van der Waals surface area (Å²) in [6, 6.07) is 4.46. The molecule has 0 aromatic heterocycles. The maximum absolute atomic E-state index is 5.72. The summed E-state index contributed by atoms with van der Waals surface area (Å²) in [6.07, 6.45) is 0. The highest BCUT2D eigenvalue weighted by Gasteiger charge is 2.18. The zero-order valence-corrected chi connectivity index (χ0v) is 10.0. The fourth-order valence-electron chi connectivity index (χ4n) is 2.11. The largest absolute Gasteiger partial charge is 0.490 e. The van der Waals surface area contributed by atoms with Crippen LogP contribution in [0.1, 0.15) is 30.9 Å². The number of rotatable bonds is 1. The Morgan fingerprint density at radius 2 is 2.07 bits per heavy atom. The molecule has 0 N–H and O–H groups in total. The van der Waals surface area contributed by atoms with Crippen molar-refractivity contribution in [2.24, 2.45) is 0 Å². The van der Waals surface area contributed by atoms with Crippen LogP contribution in [0.4, 0.5) is 5.69 Å². The minimum absolute atomic E-state index is 0.560. The van der Waals surface area contributed by atoms with E-state index < -0.39 is 0 Å². The number of ether oxygens (including phenoxy) is 1. The molecule has 0 amide bonds. The molecule has 2 nitrogen and oxygen atoms in total. The van der Waals surface area contributed by atoms with Gasteiger partial charge in [0.2, 0.25) is 0 Å². The van der Waals surface area contributed by atoms with Crippen LogP contribution >= 0.6 is 0 Å². The normalized spacial score (nSPS) is 15.1. The number of benzene rings is 1. The molecular formula is C13H19NO. The first-order chi connectivity index (χ1) is 7.09. The second-order valence-corrected chi connectivity index (χ2v) is 4.61.